The molecule has 1 amide bonds. The highest BCUT2D eigenvalue weighted by molar-refractivity contribution is 5.85. The fourth-order valence-electron chi connectivity index (χ4n) is 4.47. The van der Waals surface area contributed by atoms with Crippen LogP contribution in [-0.2, 0) is 11.8 Å². The summed E-state index contributed by atoms with van der Waals surface area (Å²) in [7, 11) is 3.89. The molecule has 33 heavy (non-hydrogen) atoms. The van der Waals surface area contributed by atoms with Gasteiger partial charge in [0.15, 0.2) is 5.65 Å². The zero-order valence-corrected chi connectivity index (χ0v) is 20.1. The maximum atomic E-state index is 12.6. The second-order valence-electron chi connectivity index (χ2n) is 9.91. The van der Waals surface area contributed by atoms with E-state index in [9.17, 15) is 9.90 Å². The van der Waals surface area contributed by atoms with Gasteiger partial charge in [0.25, 0.3) is 0 Å². The Morgan fingerprint density at radius 1 is 1.24 bits per heavy atom. The van der Waals surface area contributed by atoms with E-state index in [0.29, 0.717) is 11.5 Å². The fraction of sp³-hybridized carbons (Fsp3) is 0.565. The first-order valence-corrected chi connectivity index (χ1v) is 11.3. The van der Waals surface area contributed by atoms with Crippen LogP contribution >= 0.6 is 0 Å². The molecule has 0 aromatic carbocycles. The van der Waals surface area contributed by atoms with Gasteiger partial charge in [-0.3, -0.25) is 10.00 Å². The molecule has 3 atom stereocenters. The molecule has 3 aromatic heterocycles. The maximum Gasteiger partial charge on any atom is 0.413 e. The summed E-state index contributed by atoms with van der Waals surface area (Å²) in [6.45, 7) is 8.07. The van der Waals surface area contributed by atoms with Crippen molar-refractivity contribution in [3.05, 3.63) is 30.4 Å². The first-order chi connectivity index (χ1) is 15.5. The first-order valence-electron chi connectivity index (χ1n) is 11.3. The summed E-state index contributed by atoms with van der Waals surface area (Å²) in [5.74, 6) is 0.658. The number of ether oxygens (including phenoxy) is 1. The van der Waals surface area contributed by atoms with Gasteiger partial charge in [0.1, 0.15) is 11.4 Å². The van der Waals surface area contributed by atoms with Crippen molar-refractivity contribution in [2.24, 2.45) is 7.05 Å². The third-order valence-electron chi connectivity index (χ3n) is 6.00. The number of piperidine rings is 1. The largest absolute Gasteiger partial charge is 0.444 e. The van der Waals surface area contributed by atoms with Crippen LogP contribution in [0.25, 0.3) is 16.8 Å². The molecule has 0 spiro atoms. The summed E-state index contributed by atoms with van der Waals surface area (Å²) in [5, 5.41) is 21.7. The van der Waals surface area contributed by atoms with E-state index in [-0.39, 0.29) is 18.1 Å². The molecule has 0 bridgehead atoms. The number of aryl methyl sites for hydroxylation is 1. The smallest absolute Gasteiger partial charge is 0.413 e. The Balaban J connectivity index is 1.74. The van der Waals surface area contributed by atoms with E-state index in [0.717, 1.165) is 36.2 Å². The predicted octanol–water partition coefficient (Wildman–Crippen LogP) is 3.04. The number of likely N-dealkylation sites (N-methyl/N-ethyl adjacent to an activating group) is 1. The normalized spacial score (nSPS) is 20.7. The second-order valence-corrected chi connectivity index (χ2v) is 9.91. The van der Waals surface area contributed by atoms with E-state index in [1.54, 1.807) is 21.6 Å². The van der Waals surface area contributed by atoms with Crippen molar-refractivity contribution in [1.82, 2.24) is 29.3 Å². The van der Waals surface area contributed by atoms with Gasteiger partial charge in [0.2, 0.25) is 0 Å². The number of hydrogen-bond donors (Lipinski definition) is 2. The van der Waals surface area contributed by atoms with Crippen molar-refractivity contribution in [3.8, 4) is 11.1 Å². The van der Waals surface area contributed by atoms with Crippen LogP contribution in [0.15, 0.2) is 24.7 Å². The van der Waals surface area contributed by atoms with E-state index >= 15 is 0 Å². The van der Waals surface area contributed by atoms with Gasteiger partial charge < -0.3 is 14.7 Å². The summed E-state index contributed by atoms with van der Waals surface area (Å²) >= 11 is 0. The number of aliphatic hydroxyl groups excluding tert-OH is 1. The van der Waals surface area contributed by atoms with Gasteiger partial charge in [-0.15, -0.1) is 0 Å². The average molecular weight is 456 g/mol. The number of hydrogen-bond acceptors (Lipinski definition) is 7. The quantitative estimate of drug-likeness (QED) is 0.622. The summed E-state index contributed by atoms with van der Waals surface area (Å²) in [5.41, 5.74) is 2.63. The van der Waals surface area contributed by atoms with Gasteiger partial charge >= 0.3 is 6.09 Å². The van der Waals surface area contributed by atoms with E-state index in [1.807, 2.05) is 54.1 Å². The van der Waals surface area contributed by atoms with Crippen LogP contribution in [0.5, 0.6) is 0 Å². The number of aliphatic hydroxyl groups is 1. The summed E-state index contributed by atoms with van der Waals surface area (Å²) < 4.78 is 8.82. The molecule has 1 unspecified atom stereocenters. The summed E-state index contributed by atoms with van der Waals surface area (Å²) in [6, 6.07) is 2.00. The van der Waals surface area contributed by atoms with Crippen molar-refractivity contribution >= 4 is 17.6 Å². The van der Waals surface area contributed by atoms with Crippen LogP contribution < -0.4 is 5.32 Å². The lowest BCUT2D eigenvalue weighted by atomic mass is 9.88. The Hall–Kier alpha value is -2.98. The van der Waals surface area contributed by atoms with Crippen LogP contribution in [0, 0.1) is 0 Å². The third kappa shape index (κ3) is 5.01. The van der Waals surface area contributed by atoms with Gasteiger partial charge in [-0.2, -0.15) is 14.7 Å². The molecule has 0 aliphatic carbocycles. The van der Waals surface area contributed by atoms with Crippen molar-refractivity contribution in [1.29, 1.82) is 0 Å². The highest BCUT2D eigenvalue weighted by Crippen LogP contribution is 2.33. The summed E-state index contributed by atoms with van der Waals surface area (Å²) in [4.78, 5) is 19.7. The van der Waals surface area contributed by atoms with Gasteiger partial charge in [-0.1, -0.05) is 0 Å². The van der Waals surface area contributed by atoms with Gasteiger partial charge in [-0.05, 0) is 47.6 Å². The molecule has 10 heteroatoms. The fourth-order valence-corrected chi connectivity index (χ4v) is 4.47. The van der Waals surface area contributed by atoms with Crippen LogP contribution in [0.4, 0.5) is 10.6 Å². The minimum absolute atomic E-state index is 0.130. The van der Waals surface area contributed by atoms with E-state index < -0.39 is 11.7 Å². The topological polar surface area (TPSA) is 110 Å². The molecule has 2 N–H and O–H groups in total. The lowest BCUT2D eigenvalue weighted by Gasteiger charge is -2.38. The standard InChI is InChI=1S/C23H33N7O3/c1-14(31)19-8-7-15(12-28(19)5)18-9-20(27-22(32)33-23(2,3)4)30-21(26-18)17(11-25-30)16-10-24-29(6)13-16/h9-11,13-15,19,31H,7-8,12H2,1-6H3,(H,27,32)/t14?,15-,19-/m0/s1. The van der Waals surface area contributed by atoms with Crippen molar-refractivity contribution in [2.45, 2.75) is 64.2 Å². The molecular formula is C23H33N7O3. The molecule has 0 saturated carbocycles. The first kappa shape index (κ1) is 23.2. The lowest BCUT2D eigenvalue weighted by Crippen LogP contribution is -2.45. The van der Waals surface area contributed by atoms with Gasteiger partial charge in [-0.25, -0.2) is 9.78 Å². The van der Waals surface area contributed by atoms with Gasteiger partial charge in [0, 0.05) is 48.9 Å². The number of nitrogens with one attached hydrogen (secondary N) is 1. The molecule has 1 fully saturated rings. The zero-order valence-electron chi connectivity index (χ0n) is 20.1. The number of anilines is 1. The lowest BCUT2D eigenvalue weighted by molar-refractivity contribution is 0.0457. The molecule has 1 saturated heterocycles. The highest BCUT2D eigenvalue weighted by Gasteiger charge is 2.31. The minimum atomic E-state index is -0.619. The Morgan fingerprint density at radius 2 is 2.00 bits per heavy atom. The van der Waals surface area contributed by atoms with Crippen LogP contribution in [-0.4, -0.2) is 71.8 Å². The summed E-state index contributed by atoms with van der Waals surface area (Å²) in [6.07, 6.45) is 6.25. The average Bonchev–Trinajstić information content (AvgIpc) is 3.32. The molecular weight excluding hydrogens is 422 g/mol. The number of fused-ring (bicyclic) bond motifs is 1. The molecule has 1 aliphatic rings. The number of carbonyl (C=O) groups is 1. The Labute approximate surface area is 193 Å². The Bertz CT molecular complexity index is 1140. The van der Waals surface area contributed by atoms with Crippen molar-refractivity contribution in [2.75, 3.05) is 18.9 Å². The number of nitrogens with zero attached hydrogens (tertiary/aromatic N) is 6. The highest BCUT2D eigenvalue weighted by atomic mass is 16.6. The number of amides is 1. The zero-order chi connectivity index (χ0) is 23.9. The Morgan fingerprint density at radius 3 is 2.61 bits per heavy atom. The monoisotopic (exact) mass is 455 g/mol. The Kier molecular flexibility index (Phi) is 6.15. The third-order valence-corrected chi connectivity index (χ3v) is 6.00. The predicted molar refractivity (Wildman–Crippen MR) is 125 cm³/mol. The number of carbonyl (C=O) groups excluding carboxylic acids is 1. The molecule has 4 rings (SSSR count). The molecule has 10 nitrogen and oxygen atoms in total. The minimum Gasteiger partial charge on any atom is -0.444 e. The maximum absolute atomic E-state index is 12.6. The second kappa shape index (κ2) is 8.75. The van der Waals surface area contributed by atoms with Gasteiger partial charge in [0.05, 0.1) is 24.2 Å². The molecule has 0 radical (unpaired) electrons. The molecule has 1 aliphatic heterocycles. The molecule has 178 valence electrons. The van der Waals surface area contributed by atoms with Crippen LogP contribution in [0.3, 0.4) is 0 Å². The van der Waals surface area contributed by atoms with Crippen LogP contribution in [0.2, 0.25) is 0 Å². The number of likely N-dealkylation sites (tertiary alicyclic amines) is 1. The van der Waals surface area contributed by atoms with E-state index in [2.05, 4.69) is 20.4 Å². The number of aromatic nitrogens is 5. The molecule has 3 aromatic rings. The molecule has 4 heterocycles. The SMILES string of the molecule is CC(O)[C@@H]1CC[C@H](c2cc(NC(=O)OC(C)(C)C)n3ncc(-c4cnn(C)c4)c3n2)CN1C. The number of rotatable bonds is 4. The van der Waals surface area contributed by atoms with E-state index in [4.69, 9.17) is 9.72 Å². The van der Waals surface area contributed by atoms with Crippen LogP contribution in [0.1, 0.15) is 52.1 Å². The van der Waals surface area contributed by atoms with Crippen molar-refractivity contribution in [3.63, 3.8) is 0 Å². The van der Waals surface area contributed by atoms with Crippen molar-refractivity contribution < 1.29 is 14.6 Å². The van der Waals surface area contributed by atoms with E-state index in [1.165, 1.54) is 0 Å².